The molecule has 2 heteroatoms. The SMILES string of the molecule is Cn1c2c(c3cc4c(cc31)SCC1=C4C=CCC1)C=CCC2. The van der Waals surface area contributed by atoms with E-state index < -0.39 is 0 Å². The number of nitrogens with zero attached hydrogens (tertiary/aromatic N) is 1. The summed E-state index contributed by atoms with van der Waals surface area (Å²) in [4.78, 5) is 1.46. The van der Waals surface area contributed by atoms with Gasteiger partial charge in [-0.05, 0) is 49.0 Å². The van der Waals surface area contributed by atoms with Gasteiger partial charge in [-0.15, -0.1) is 11.8 Å². The molecular formula is C20H19NS. The number of fused-ring (bicyclic) bond motifs is 5. The van der Waals surface area contributed by atoms with Gasteiger partial charge in [-0.2, -0.15) is 0 Å². The minimum atomic E-state index is 1.17. The molecule has 0 saturated carbocycles. The minimum Gasteiger partial charge on any atom is -0.347 e. The lowest BCUT2D eigenvalue weighted by Crippen LogP contribution is -2.04. The van der Waals surface area contributed by atoms with E-state index >= 15 is 0 Å². The number of aryl methyl sites for hydroxylation is 1. The molecule has 5 rings (SSSR count). The molecule has 2 aromatic rings. The molecule has 0 radical (unpaired) electrons. The van der Waals surface area contributed by atoms with E-state index in [2.05, 4.69) is 48.1 Å². The lowest BCUT2D eigenvalue weighted by Gasteiger charge is -2.24. The van der Waals surface area contributed by atoms with Gasteiger partial charge in [-0.1, -0.05) is 29.9 Å². The standard InChI is InChI=1S/C20H19NS/c1-21-18-9-5-4-8-15(18)16-10-17-14-7-3-2-6-13(14)12-22-20(17)11-19(16)21/h3-4,7-8,10-11H,2,5-6,9,12H2,1H3. The van der Waals surface area contributed by atoms with Crippen molar-refractivity contribution in [3.8, 4) is 0 Å². The van der Waals surface area contributed by atoms with Gasteiger partial charge >= 0.3 is 0 Å². The molecule has 1 nitrogen and oxygen atoms in total. The predicted molar refractivity (Wildman–Crippen MR) is 96.3 cm³/mol. The normalized spacial score (nSPS) is 19.3. The van der Waals surface area contributed by atoms with E-state index in [4.69, 9.17) is 0 Å². The van der Waals surface area contributed by atoms with Gasteiger partial charge < -0.3 is 4.57 Å². The van der Waals surface area contributed by atoms with Crippen molar-refractivity contribution in [2.24, 2.45) is 7.05 Å². The fourth-order valence-electron chi connectivity index (χ4n) is 4.09. The fourth-order valence-corrected chi connectivity index (χ4v) is 5.24. The number of hydrogen-bond donors (Lipinski definition) is 0. The van der Waals surface area contributed by atoms with Gasteiger partial charge in [0.2, 0.25) is 0 Å². The van der Waals surface area contributed by atoms with Crippen molar-refractivity contribution in [2.75, 3.05) is 5.75 Å². The van der Waals surface area contributed by atoms with Crippen LogP contribution in [0.4, 0.5) is 0 Å². The van der Waals surface area contributed by atoms with Crippen molar-refractivity contribution < 1.29 is 0 Å². The van der Waals surface area contributed by atoms with E-state index in [-0.39, 0.29) is 0 Å². The largest absolute Gasteiger partial charge is 0.347 e. The Morgan fingerprint density at radius 2 is 1.91 bits per heavy atom. The van der Waals surface area contributed by atoms with Crippen LogP contribution in [-0.4, -0.2) is 10.3 Å². The molecule has 22 heavy (non-hydrogen) atoms. The summed E-state index contributed by atoms with van der Waals surface area (Å²) in [7, 11) is 2.23. The molecule has 0 N–H and O–H groups in total. The number of hydrogen-bond acceptors (Lipinski definition) is 1. The average Bonchev–Trinajstić information content (AvgIpc) is 2.86. The van der Waals surface area contributed by atoms with Crippen LogP contribution >= 0.6 is 11.8 Å². The molecule has 2 heterocycles. The van der Waals surface area contributed by atoms with Gasteiger partial charge in [0.1, 0.15) is 0 Å². The molecule has 0 amide bonds. The van der Waals surface area contributed by atoms with Crippen molar-refractivity contribution in [3.05, 3.63) is 52.8 Å². The summed E-state index contributed by atoms with van der Waals surface area (Å²) < 4.78 is 2.41. The Morgan fingerprint density at radius 3 is 2.86 bits per heavy atom. The van der Waals surface area contributed by atoms with Gasteiger partial charge in [0.25, 0.3) is 0 Å². The molecule has 0 spiro atoms. The van der Waals surface area contributed by atoms with Crippen molar-refractivity contribution in [3.63, 3.8) is 0 Å². The highest BCUT2D eigenvalue weighted by atomic mass is 32.2. The van der Waals surface area contributed by atoms with Crippen LogP contribution < -0.4 is 0 Å². The summed E-state index contributed by atoms with van der Waals surface area (Å²) in [6.45, 7) is 0. The lowest BCUT2D eigenvalue weighted by atomic mass is 9.91. The molecular weight excluding hydrogens is 286 g/mol. The summed E-state index contributed by atoms with van der Waals surface area (Å²) >= 11 is 2.02. The zero-order valence-corrected chi connectivity index (χ0v) is 13.7. The van der Waals surface area contributed by atoms with E-state index in [0.29, 0.717) is 0 Å². The van der Waals surface area contributed by atoms with Crippen molar-refractivity contribution in [1.29, 1.82) is 0 Å². The molecule has 0 fully saturated rings. The third kappa shape index (κ3) is 1.67. The zero-order chi connectivity index (χ0) is 14.7. The minimum absolute atomic E-state index is 1.17. The molecule has 2 aliphatic carbocycles. The van der Waals surface area contributed by atoms with Crippen LogP contribution in [0.1, 0.15) is 36.1 Å². The average molecular weight is 305 g/mol. The maximum Gasteiger partial charge on any atom is 0.0497 e. The van der Waals surface area contributed by atoms with Crippen molar-refractivity contribution in [1.82, 2.24) is 4.57 Å². The van der Waals surface area contributed by atoms with E-state index in [1.54, 1.807) is 5.57 Å². The molecule has 110 valence electrons. The number of benzene rings is 1. The number of allylic oxidation sites excluding steroid dienone is 4. The second-order valence-corrected chi connectivity index (χ2v) is 7.49. The Labute approximate surface area is 135 Å². The first-order valence-corrected chi connectivity index (χ1v) is 9.15. The number of thioether (sulfide) groups is 1. The van der Waals surface area contributed by atoms with Crippen LogP contribution in [-0.2, 0) is 13.5 Å². The molecule has 1 aromatic heterocycles. The first kappa shape index (κ1) is 12.8. The monoisotopic (exact) mass is 305 g/mol. The third-order valence-electron chi connectivity index (χ3n) is 5.27. The molecule has 0 unspecified atom stereocenters. The highest BCUT2D eigenvalue weighted by Crippen LogP contribution is 2.44. The van der Waals surface area contributed by atoms with Crippen LogP contribution in [0, 0.1) is 0 Å². The molecule has 0 bridgehead atoms. The number of aromatic nitrogens is 1. The summed E-state index contributed by atoms with van der Waals surface area (Å²) in [6, 6.07) is 4.88. The first-order valence-electron chi connectivity index (χ1n) is 8.16. The predicted octanol–water partition coefficient (Wildman–Crippen LogP) is 5.35. The lowest BCUT2D eigenvalue weighted by molar-refractivity contribution is 0.823. The molecule has 0 saturated heterocycles. The van der Waals surface area contributed by atoms with Gasteiger partial charge in [0.05, 0.1) is 0 Å². The van der Waals surface area contributed by atoms with Gasteiger partial charge in [-0.3, -0.25) is 0 Å². The molecule has 1 aliphatic heterocycles. The smallest absolute Gasteiger partial charge is 0.0497 e. The zero-order valence-electron chi connectivity index (χ0n) is 12.9. The first-order chi connectivity index (χ1) is 10.8. The van der Waals surface area contributed by atoms with E-state index in [1.165, 1.54) is 69.6 Å². The quantitative estimate of drug-likeness (QED) is 0.635. The van der Waals surface area contributed by atoms with Crippen LogP contribution in [0.3, 0.4) is 0 Å². The highest BCUT2D eigenvalue weighted by molar-refractivity contribution is 7.99. The molecule has 0 atom stereocenters. The number of rotatable bonds is 0. The Kier molecular flexibility index (Phi) is 2.72. The van der Waals surface area contributed by atoms with E-state index in [1.807, 2.05) is 11.8 Å². The molecule has 3 aliphatic rings. The van der Waals surface area contributed by atoms with Crippen molar-refractivity contribution >= 4 is 34.3 Å². The van der Waals surface area contributed by atoms with Crippen LogP contribution in [0.25, 0.3) is 22.6 Å². The van der Waals surface area contributed by atoms with Crippen LogP contribution in [0.5, 0.6) is 0 Å². The fraction of sp³-hybridized carbons (Fsp3) is 0.300. The summed E-state index contributed by atoms with van der Waals surface area (Å²) in [6.07, 6.45) is 14.1. The Morgan fingerprint density at radius 1 is 1.05 bits per heavy atom. The second-order valence-electron chi connectivity index (χ2n) is 6.47. The second kappa shape index (κ2) is 4.66. The van der Waals surface area contributed by atoms with Gasteiger partial charge in [-0.25, -0.2) is 0 Å². The topological polar surface area (TPSA) is 4.93 Å². The van der Waals surface area contributed by atoms with Gasteiger partial charge in [0.15, 0.2) is 0 Å². The van der Waals surface area contributed by atoms with Gasteiger partial charge in [0, 0.05) is 39.9 Å². The Hall–Kier alpha value is -1.67. The third-order valence-corrected chi connectivity index (χ3v) is 6.41. The maximum absolute atomic E-state index is 2.45. The molecule has 1 aromatic carbocycles. The Bertz CT molecular complexity index is 892. The van der Waals surface area contributed by atoms with Crippen LogP contribution in [0.15, 0.2) is 40.8 Å². The summed E-state index contributed by atoms with van der Waals surface area (Å²) in [5.74, 6) is 1.17. The summed E-state index contributed by atoms with van der Waals surface area (Å²) in [5.41, 5.74) is 8.94. The van der Waals surface area contributed by atoms with E-state index in [9.17, 15) is 0 Å². The van der Waals surface area contributed by atoms with Crippen LogP contribution in [0.2, 0.25) is 0 Å². The maximum atomic E-state index is 2.45. The van der Waals surface area contributed by atoms with E-state index in [0.717, 1.165) is 0 Å². The Balaban J connectivity index is 1.83. The van der Waals surface area contributed by atoms with Crippen molar-refractivity contribution in [2.45, 2.75) is 30.6 Å². The summed E-state index contributed by atoms with van der Waals surface area (Å²) in [5, 5.41) is 1.43. The highest BCUT2D eigenvalue weighted by Gasteiger charge is 2.23.